The molecule has 0 amide bonds. The van der Waals surface area contributed by atoms with Crippen LogP contribution in [0, 0.1) is 0 Å². The van der Waals surface area contributed by atoms with Crippen LogP contribution in [0.2, 0.25) is 0 Å². The molecule has 1 saturated carbocycles. The Kier molecular flexibility index (Phi) is 3.90. The summed E-state index contributed by atoms with van der Waals surface area (Å²) in [5.41, 5.74) is 4.67. The number of hydrogen-bond acceptors (Lipinski definition) is 2. The molecular weight excluding hydrogens is 232 g/mol. The molecule has 1 unspecified atom stereocenters. The molecule has 2 heteroatoms. The van der Waals surface area contributed by atoms with Gasteiger partial charge in [0.15, 0.2) is 0 Å². The van der Waals surface area contributed by atoms with Crippen LogP contribution in [0.4, 0.5) is 0 Å². The van der Waals surface area contributed by atoms with Crippen LogP contribution in [0.5, 0.6) is 0 Å². The molecule has 0 radical (unpaired) electrons. The van der Waals surface area contributed by atoms with Crippen molar-refractivity contribution in [2.45, 2.75) is 50.6 Å². The van der Waals surface area contributed by atoms with Gasteiger partial charge in [0.05, 0.1) is 0 Å². The zero-order valence-electron chi connectivity index (χ0n) is 12.3. The Morgan fingerprint density at radius 3 is 2.58 bits per heavy atom. The van der Waals surface area contributed by atoms with E-state index < -0.39 is 0 Å². The quantitative estimate of drug-likeness (QED) is 0.873. The summed E-state index contributed by atoms with van der Waals surface area (Å²) in [5.74, 6) is 0. The average molecular weight is 258 g/mol. The Balaban J connectivity index is 1.76. The summed E-state index contributed by atoms with van der Waals surface area (Å²) in [5, 5.41) is 3.67. The smallest absolute Gasteiger partial charge is 0.0467 e. The third kappa shape index (κ3) is 3.18. The molecule has 0 saturated heterocycles. The van der Waals surface area contributed by atoms with Crippen molar-refractivity contribution in [1.82, 2.24) is 10.2 Å². The topological polar surface area (TPSA) is 15.3 Å². The number of aryl methyl sites for hydroxylation is 2. The lowest BCUT2D eigenvalue weighted by atomic mass is 9.89. The van der Waals surface area contributed by atoms with Gasteiger partial charge in [0.2, 0.25) is 0 Å². The van der Waals surface area contributed by atoms with Gasteiger partial charge in [-0.15, -0.1) is 0 Å². The van der Waals surface area contributed by atoms with Crippen LogP contribution in [0.25, 0.3) is 0 Å². The van der Waals surface area contributed by atoms with E-state index in [1.165, 1.54) is 44.1 Å². The van der Waals surface area contributed by atoms with Gasteiger partial charge >= 0.3 is 0 Å². The van der Waals surface area contributed by atoms with Crippen LogP contribution in [0.15, 0.2) is 18.2 Å². The molecular formula is C17H26N2. The standard InChI is InChI=1S/C17H26N2/c1-19(2)17(12-18-16-9-10-16)15-8-7-13-5-3-4-6-14(13)11-15/h7-8,11,16-18H,3-6,9-10,12H2,1-2H3. The first-order valence-electron chi connectivity index (χ1n) is 7.75. The van der Waals surface area contributed by atoms with Crippen LogP contribution >= 0.6 is 0 Å². The molecule has 0 aromatic heterocycles. The summed E-state index contributed by atoms with van der Waals surface area (Å²) in [7, 11) is 4.39. The van der Waals surface area contributed by atoms with Crippen molar-refractivity contribution in [2.75, 3.05) is 20.6 Å². The van der Waals surface area contributed by atoms with E-state index in [4.69, 9.17) is 0 Å². The zero-order chi connectivity index (χ0) is 13.2. The van der Waals surface area contributed by atoms with Gasteiger partial charge in [-0.1, -0.05) is 18.2 Å². The van der Waals surface area contributed by atoms with Crippen LogP contribution in [-0.2, 0) is 12.8 Å². The molecule has 104 valence electrons. The van der Waals surface area contributed by atoms with Crippen molar-refractivity contribution in [3.63, 3.8) is 0 Å². The highest BCUT2D eigenvalue weighted by atomic mass is 15.1. The lowest BCUT2D eigenvalue weighted by Crippen LogP contribution is -2.32. The van der Waals surface area contributed by atoms with Crippen molar-refractivity contribution in [1.29, 1.82) is 0 Å². The predicted molar refractivity (Wildman–Crippen MR) is 80.5 cm³/mol. The van der Waals surface area contributed by atoms with Crippen molar-refractivity contribution in [3.8, 4) is 0 Å². The summed E-state index contributed by atoms with van der Waals surface area (Å²) in [6.45, 7) is 1.08. The van der Waals surface area contributed by atoms with E-state index in [0.29, 0.717) is 6.04 Å². The summed E-state index contributed by atoms with van der Waals surface area (Å²) in [6, 6.07) is 8.49. The fraction of sp³-hybridized carbons (Fsp3) is 0.647. The van der Waals surface area contributed by atoms with Gasteiger partial charge in [-0.2, -0.15) is 0 Å². The first kappa shape index (κ1) is 13.1. The Morgan fingerprint density at radius 1 is 1.16 bits per heavy atom. The summed E-state index contributed by atoms with van der Waals surface area (Å²) >= 11 is 0. The van der Waals surface area contributed by atoms with Gasteiger partial charge in [-0.05, 0) is 69.3 Å². The van der Waals surface area contributed by atoms with Crippen LogP contribution in [0.3, 0.4) is 0 Å². The molecule has 0 spiro atoms. The monoisotopic (exact) mass is 258 g/mol. The molecule has 2 aliphatic carbocycles. The van der Waals surface area contributed by atoms with E-state index in [1.54, 1.807) is 11.1 Å². The van der Waals surface area contributed by atoms with Gasteiger partial charge in [-0.25, -0.2) is 0 Å². The van der Waals surface area contributed by atoms with E-state index >= 15 is 0 Å². The van der Waals surface area contributed by atoms with E-state index in [-0.39, 0.29) is 0 Å². The molecule has 2 nitrogen and oxygen atoms in total. The van der Waals surface area contributed by atoms with E-state index in [1.807, 2.05) is 0 Å². The van der Waals surface area contributed by atoms with E-state index in [0.717, 1.165) is 12.6 Å². The lowest BCUT2D eigenvalue weighted by Gasteiger charge is -2.27. The predicted octanol–water partition coefficient (Wildman–Crippen LogP) is 2.92. The lowest BCUT2D eigenvalue weighted by molar-refractivity contribution is 0.288. The highest BCUT2D eigenvalue weighted by Crippen LogP contribution is 2.27. The fourth-order valence-electron chi connectivity index (χ4n) is 3.12. The average Bonchev–Trinajstić information content (AvgIpc) is 3.22. The van der Waals surface area contributed by atoms with Crippen molar-refractivity contribution < 1.29 is 0 Å². The van der Waals surface area contributed by atoms with E-state index in [9.17, 15) is 0 Å². The first-order valence-corrected chi connectivity index (χ1v) is 7.75. The third-order valence-corrected chi connectivity index (χ3v) is 4.56. The fourth-order valence-corrected chi connectivity index (χ4v) is 3.12. The molecule has 0 heterocycles. The van der Waals surface area contributed by atoms with Crippen LogP contribution < -0.4 is 5.32 Å². The van der Waals surface area contributed by atoms with Gasteiger partial charge < -0.3 is 10.2 Å². The molecule has 0 aliphatic heterocycles. The minimum Gasteiger partial charge on any atom is -0.312 e. The van der Waals surface area contributed by atoms with Crippen LogP contribution in [-0.4, -0.2) is 31.6 Å². The summed E-state index contributed by atoms with van der Waals surface area (Å²) in [4.78, 5) is 2.35. The van der Waals surface area contributed by atoms with Crippen molar-refractivity contribution >= 4 is 0 Å². The summed E-state index contributed by atoms with van der Waals surface area (Å²) in [6.07, 6.45) is 8.02. The number of likely N-dealkylation sites (N-methyl/N-ethyl adjacent to an activating group) is 1. The second-order valence-corrected chi connectivity index (χ2v) is 6.40. The SMILES string of the molecule is CN(C)C(CNC1CC1)c1ccc2c(c1)CCCC2. The minimum atomic E-state index is 0.507. The van der Waals surface area contributed by atoms with Gasteiger partial charge in [-0.3, -0.25) is 0 Å². The number of nitrogens with zero attached hydrogens (tertiary/aromatic N) is 1. The molecule has 19 heavy (non-hydrogen) atoms. The van der Waals surface area contributed by atoms with E-state index in [2.05, 4.69) is 42.5 Å². The molecule has 3 rings (SSSR count). The molecule has 1 aromatic carbocycles. The number of nitrogens with one attached hydrogen (secondary N) is 1. The maximum atomic E-state index is 3.67. The van der Waals surface area contributed by atoms with Crippen molar-refractivity contribution in [2.24, 2.45) is 0 Å². The molecule has 0 bridgehead atoms. The van der Waals surface area contributed by atoms with Gasteiger partial charge in [0.1, 0.15) is 0 Å². The zero-order valence-corrected chi connectivity index (χ0v) is 12.3. The third-order valence-electron chi connectivity index (χ3n) is 4.56. The van der Waals surface area contributed by atoms with Crippen LogP contribution in [0.1, 0.15) is 48.4 Å². The highest BCUT2D eigenvalue weighted by molar-refractivity contribution is 5.35. The largest absolute Gasteiger partial charge is 0.312 e. The number of rotatable bonds is 5. The second kappa shape index (κ2) is 5.64. The molecule has 1 aromatic rings. The molecule has 1 fully saturated rings. The number of hydrogen-bond donors (Lipinski definition) is 1. The Labute approximate surface area is 117 Å². The maximum absolute atomic E-state index is 3.67. The second-order valence-electron chi connectivity index (χ2n) is 6.40. The maximum Gasteiger partial charge on any atom is 0.0467 e. The highest BCUT2D eigenvalue weighted by Gasteiger charge is 2.23. The normalized spacial score (nSPS) is 20.4. The first-order chi connectivity index (χ1) is 9.24. The Bertz CT molecular complexity index is 435. The molecule has 2 aliphatic rings. The summed E-state index contributed by atoms with van der Waals surface area (Å²) < 4.78 is 0. The number of benzene rings is 1. The molecule has 1 N–H and O–H groups in total. The molecule has 1 atom stereocenters. The Morgan fingerprint density at radius 2 is 1.89 bits per heavy atom. The van der Waals surface area contributed by atoms with Gasteiger partial charge in [0.25, 0.3) is 0 Å². The van der Waals surface area contributed by atoms with Gasteiger partial charge in [0, 0.05) is 18.6 Å². The Hall–Kier alpha value is -0.860. The number of fused-ring (bicyclic) bond motifs is 1. The van der Waals surface area contributed by atoms with Crippen molar-refractivity contribution in [3.05, 3.63) is 34.9 Å². The minimum absolute atomic E-state index is 0.507.